The van der Waals surface area contributed by atoms with E-state index in [2.05, 4.69) is 50.3 Å². The molecule has 6 bridgehead atoms. The summed E-state index contributed by atoms with van der Waals surface area (Å²) < 4.78 is 25.2. The lowest BCUT2D eigenvalue weighted by atomic mass is 9.86. The zero-order chi connectivity index (χ0) is 31.5. The van der Waals surface area contributed by atoms with Crippen LogP contribution >= 0.6 is 0 Å². The highest BCUT2D eigenvalue weighted by atomic mass is 35.5. The molecule has 4 aliphatic heterocycles. The molecule has 4 aromatic rings. The summed E-state index contributed by atoms with van der Waals surface area (Å²) in [7, 11) is 9.80. The highest BCUT2D eigenvalue weighted by Crippen LogP contribution is 2.51. The molecule has 12 N–H and O–H groups in total. The van der Waals surface area contributed by atoms with E-state index in [4.69, 9.17) is 18.9 Å². The predicted molar refractivity (Wildman–Crippen MR) is 190 cm³/mol. The third kappa shape index (κ3) is 8.11. The Morgan fingerprint density at radius 2 is 1.39 bits per heavy atom. The van der Waals surface area contributed by atoms with Gasteiger partial charge in [-0.2, -0.15) is 0 Å². The Morgan fingerprint density at radius 1 is 0.745 bits per heavy atom. The number of nitrogens with zero attached hydrogens (tertiary/aromatic N) is 2. The molecule has 2 atom stereocenters. The Bertz CT molecular complexity index is 1790. The number of phenols is 2. The lowest BCUT2D eigenvalue weighted by Gasteiger charge is -2.43. The van der Waals surface area contributed by atoms with Crippen molar-refractivity contribution in [2.75, 3.05) is 48.5 Å². The summed E-state index contributed by atoms with van der Waals surface area (Å²) in [5.41, 5.74) is 6.66. The van der Waals surface area contributed by atoms with Gasteiger partial charge in [0.05, 0.1) is 40.4 Å². The van der Waals surface area contributed by atoms with Crippen molar-refractivity contribution in [3.8, 4) is 46.0 Å². The Hall–Kier alpha value is -4.31. The van der Waals surface area contributed by atoms with Crippen LogP contribution in [0, 0.1) is 0 Å². The fraction of sp³-hybridized carbons (Fsp3) is 0.351. The van der Waals surface area contributed by atoms with Crippen molar-refractivity contribution in [3.05, 3.63) is 94.0 Å². The van der Waals surface area contributed by atoms with E-state index in [1.54, 1.807) is 20.3 Å². The van der Waals surface area contributed by atoms with E-state index in [0.717, 1.165) is 49.0 Å². The zero-order valence-electron chi connectivity index (χ0n) is 29.5. The standard InChI is InChI=1S/C37H40N2O6.ClH.5H2O/c1-38-14-12-24-19-32(42-4)33-21-27(24)28(38)16-22-6-9-26(10-7-22)44-37-35-25(20-34(43-5)36(37)41)13-15-39(2,3)29(35)17-23-8-11-30(40)31(18-23)45-33;;;;;;/h6-11,18-21,28-29H,12-17H2,1-5H3,(H-,40,41);1H;5*1H2/t28-,29+;;;;;;/m0....../s1. The average Bonchev–Trinajstić information content (AvgIpc) is 3.03. The van der Waals surface area contributed by atoms with E-state index in [-0.39, 0.29) is 63.4 Å². The van der Waals surface area contributed by atoms with Gasteiger partial charge in [0.25, 0.3) is 0 Å². The number of ether oxygens (including phenoxy) is 4. The number of benzene rings is 4. The molecular formula is C37H51ClN2O11. The van der Waals surface area contributed by atoms with E-state index in [9.17, 15) is 10.2 Å². The van der Waals surface area contributed by atoms with E-state index in [1.807, 2.05) is 30.3 Å². The molecule has 4 aliphatic rings. The maximum absolute atomic E-state index is 11.5. The van der Waals surface area contributed by atoms with Gasteiger partial charge in [-0.25, -0.2) is 0 Å². The van der Waals surface area contributed by atoms with Gasteiger partial charge in [-0.15, -0.1) is 0 Å². The highest BCUT2D eigenvalue weighted by molar-refractivity contribution is 5.61. The van der Waals surface area contributed by atoms with Crippen molar-refractivity contribution < 1.29 is 73.4 Å². The predicted octanol–water partition coefficient (Wildman–Crippen LogP) is -0.418. The van der Waals surface area contributed by atoms with Gasteiger partial charge in [0.2, 0.25) is 5.75 Å². The number of likely N-dealkylation sites (N-methyl/N-ethyl adjacent to an activating group) is 2. The van der Waals surface area contributed by atoms with Crippen molar-refractivity contribution in [2.24, 2.45) is 0 Å². The zero-order valence-corrected chi connectivity index (χ0v) is 30.2. The van der Waals surface area contributed by atoms with Crippen molar-refractivity contribution >= 4 is 0 Å². The normalized spacial score (nSPS) is 17.8. The number of methoxy groups -OCH3 is 2. The fourth-order valence-electron chi connectivity index (χ4n) is 7.27. The first-order valence-corrected chi connectivity index (χ1v) is 15.6. The number of aromatic hydroxyl groups is 2. The molecule has 8 rings (SSSR count). The van der Waals surface area contributed by atoms with Gasteiger partial charge in [-0.3, -0.25) is 4.90 Å². The monoisotopic (exact) mass is 734 g/mol. The van der Waals surface area contributed by atoms with Crippen LogP contribution in [-0.4, -0.2) is 95.4 Å². The summed E-state index contributed by atoms with van der Waals surface area (Å²) >= 11 is 0. The van der Waals surface area contributed by atoms with E-state index in [0.29, 0.717) is 45.4 Å². The summed E-state index contributed by atoms with van der Waals surface area (Å²) in [4.78, 5) is 2.38. The van der Waals surface area contributed by atoms with Crippen molar-refractivity contribution in [2.45, 2.75) is 37.8 Å². The van der Waals surface area contributed by atoms with Crippen LogP contribution in [0.4, 0.5) is 0 Å². The average molecular weight is 735 g/mol. The second-order valence-electron chi connectivity index (χ2n) is 13.1. The molecule has 0 fully saturated rings. The van der Waals surface area contributed by atoms with E-state index in [1.165, 1.54) is 16.7 Å². The first-order chi connectivity index (χ1) is 21.6. The van der Waals surface area contributed by atoms with Crippen LogP contribution in [-0.2, 0) is 25.7 Å². The van der Waals surface area contributed by atoms with E-state index < -0.39 is 0 Å². The summed E-state index contributed by atoms with van der Waals surface area (Å²) in [5.74, 6) is 3.14. The van der Waals surface area contributed by atoms with Gasteiger partial charge in [-0.05, 0) is 90.2 Å². The molecule has 14 heteroatoms. The van der Waals surface area contributed by atoms with Crippen molar-refractivity contribution in [1.82, 2.24) is 4.90 Å². The Balaban J connectivity index is 0.00000217. The van der Waals surface area contributed by atoms with Gasteiger partial charge in [0.15, 0.2) is 34.5 Å². The number of rotatable bonds is 2. The number of halogens is 1. The molecule has 0 spiro atoms. The van der Waals surface area contributed by atoms with Crippen LogP contribution in [0.15, 0.2) is 60.7 Å². The van der Waals surface area contributed by atoms with Crippen LogP contribution < -0.4 is 31.4 Å². The molecule has 0 saturated carbocycles. The van der Waals surface area contributed by atoms with Gasteiger partial charge in [0, 0.05) is 25.4 Å². The maximum atomic E-state index is 11.5. The van der Waals surface area contributed by atoms with Gasteiger partial charge >= 0.3 is 0 Å². The van der Waals surface area contributed by atoms with Gasteiger partial charge in [0.1, 0.15) is 11.8 Å². The van der Waals surface area contributed by atoms with Crippen molar-refractivity contribution in [3.63, 3.8) is 0 Å². The maximum Gasteiger partial charge on any atom is 0.201 e. The topological polar surface area (TPSA) is 238 Å². The minimum Gasteiger partial charge on any atom is -1.00 e. The number of fused-ring (bicyclic) bond motifs is 2. The lowest BCUT2D eigenvalue weighted by Crippen LogP contribution is -3.00. The molecule has 0 unspecified atom stereocenters. The minimum absolute atomic E-state index is 0. The molecule has 0 aliphatic carbocycles. The number of phenolic OH excluding ortho intramolecular Hbond substituents is 2. The first-order valence-electron chi connectivity index (χ1n) is 15.6. The second-order valence-corrected chi connectivity index (χ2v) is 13.1. The summed E-state index contributed by atoms with van der Waals surface area (Å²) in [6.45, 7) is 1.84. The molecule has 0 saturated heterocycles. The molecule has 0 radical (unpaired) electrons. The number of hydrogen-bond donors (Lipinski definition) is 2. The number of hydrogen-bond acceptors (Lipinski definition) is 7. The van der Waals surface area contributed by atoms with Crippen LogP contribution in [0.2, 0.25) is 0 Å². The molecule has 4 heterocycles. The summed E-state index contributed by atoms with van der Waals surface area (Å²) in [6, 6.07) is 19.9. The van der Waals surface area contributed by atoms with Crippen LogP contribution in [0.1, 0.15) is 45.5 Å². The van der Waals surface area contributed by atoms with Gasteiger partial charge < -0.3 is 73.4 Å². The highest BCUT2D eigenvalue weighted by Gasteiger charge is 2.41. The van der Waals surface area contributed by atoms with E-state index >= 15 is 0 Å². The molecule has 4 aromatic carbocycles. The third-order valence-corrected chi connectivity index (χ3v) is 9.99. The Morgan fingerprint density at radius 3 is 2.06 bits per heavy atom. The minimum atomic E-state index is -0.0503. The third-order valence-electron chi connectivity index (χ3n) is 9.99. The fourth-order valence-corrected chi connectivity index (χ4v) is 7.27. The molecular weight excluding hydrogens is 684 g/mol. The second kappa shape index (κ2) is 17.3. The Kier molecular flexibility index (Phi) is 15.1. The molecule has 51 heavy (non-hydrogen) atoms. The van der Waals surface area contributed by atoms with Crippen LogP contribution in [0.5, 0.6) is 46.0 Å². The SMILES string of the molecule is COc1cc2c3cc1Oc1cc(ccc1O)C[C@@H]1c4c(cc(OC)c(O)c4Oc4ccc(cc4)C[C@@H]3N(C)CC2)CC[N+]1(C)C.O.O.O.O.O.[Cl-]. The van der Waals surface area contributed by atoms with Gasteiger partial charge in [-0.1, -0.05) is 18.2 Å². The van der Waals surface area contributed by atoms with Crippen LogP contribution in [0.3, 0.4) is 0 Å². The Labute approximate surface area is 304 Å². The quantitative estimate of drug-likeness (QED) is 0.258. The number of quaternary nitrogens is 1. The molecule has 0 amide bonds. The largest absolute Gasteiger partial charge is 1.00 e. The van der Waals surface area contributed by atoms with Crippen molar-refractivity contribution in [1.29, 1.82) is 0 Å². The smallest absolute Gasteiger partial charge is 0.201 e. The molecule has 0 aromatic heterocycles. The summed E-state index contributed by atoms with van der Waals surface area (Å²) in [6.07, 6.45) is 3.16. The molecule has 282 valence electrons. The molecule has 13 nitrogen and oxygen atoms in total. The lowest BCUT2D eigenvalue weighted by molar-refractivity contribution is -0.923. The summed E-state index contributed by atoms with van der Waals surface area (Å²) in [5, 5.41) is 22.4. The van der Waals surface area contributed by atoms with Crippen LogP contribution in [0.25, 0.3) is 0 Å². The first kappa shape index (κ1) is 44.7.